The van der Waals surface area contributed by atoms with Gasteiger partial charge in [0.05, 0.1) is 7.11 Å². The van der Waals surface area contributed by atoms with Crippen LogP contribution in [0.4, 0.5) is 14.9 Å². The van der Waals surface area contributed by atoms with Gasteiger partial charge in [-0.15, -0.1) is 0 Å². The Bertz CT molecular complexity index is 475. The number of benzene rings is 1. The summed E-state index contributed by atoms with van der Waals surface area (Å²) in [5, 5.41) is 2.63. The number of amides is 2. The highest BCUT2D eigenvalue weighted by molar-refractivity contribution is 5.92. The molecule has 1 heterocycles. The van der Waals surface area contributed by atoms with Crippen molar-refractivity contribution >= 4 is 17.7 Å². The maximum Gasteiger partial charge on any atom is 0.328 e. The third kappa shape index (κ3) is 3.01. The molecule has 1 saturated heterocycles. The molecule has 1 fully saturated rings. The average molecular weight is 266 g/mol. The van der Waals surface area contributed by atoms with E-state index in [0.717, 1.165) is 6.42 Å². The summed E-state index contributed by atoms with van der Waals surface area (Å²) < 4.78 is 17.4. The fourth-order valence-electron chi connectivity index (χ4n) is 2.12. The molecule has 1 unspecified atom stereocenters. The van der Waals surface area contributed by atoms with Gasteiger partial charge in [-0.25, -0.2) is 14.0 Å². The minimum absolute atomic E-state index is 0.369. The van der Waals surface area contributed by atoms with Crippen LogP contribution in [0.1, 0.15) is 12.8 Å². The van der Waals surface area contributed by atoms with Crippen LogP contribution >= 0.6 is 0 Å². The molecule has 19 heavy (non-hydrogen) atoms. The molecule has 0 spiro atoms. The maximum atomic E-state index is 12.8. The van der Waals surface area contributed by atoms with Crippen LogP contribution in [0.15, 0.2) is 24.3 Å². The molecule has 0 radical (unpaired) electrons. The van der Waals surface area contributed by atoms with Gasteiger partial charge in [0.25, 0.3) is 0 Å². The van der Waals surface area contributed by atoms with Crippen molar-refractivity contribution in [1.29, 1.82) is 0 Å². The van der Waals surface area contributed by atoms with Crippen LogP contribution in [-0.2, 0) is 9.53 Å². The lowest BCUT2D eigenvalue weighted by Gasteiger charge is -2.22. The zero-order chi connectivity index (χ0) is 13.8. The van der Waals surface area contributed by atoms with E-state index < -0.39 is 12.0 Å². The number of hydrogen-bond donors (Lipinski definition) is 1. The van der Waals surface area contributed by atoms with Crippen LogP contribution in [0, 0.1) is 5.82 Å². The number of carbonyl (C=O) groups is 2. The van der Waals surface area contributed by atoms with Gasteiger partial charge in [-0.05, 0) is 37.1 Å². The Balaban J connectivity index is 2.03. The SMILES string of the molecule is COC(=O)C1CCCN1C(=O)Nc1ccc(F)cc1. The Hall–Kier alpha value is -2.11. The highest BCUT2D eigenvalue weighted by atomic mass is 19.1. The molecule has 1 aromatic carbocycles. The zero-order valence-electron chi connectivity index (χ0n) is 10.6. The first-order chi connectivity index (χ1) is 9.11. The largest absolute Gasteiger partial charge is 0.467 e. The van der Waals surface area contributed by atoms with E-state index in [0.29, 0.717) is 18.7 Å². The van der Waals surface area contributed by atoms with Crippen molar-refractivity contribution in [1.82, 2.24) is 4.90 Å². The van der Waals surface area contributed by atoms with E-state index in [-0.39, 0.29) is 11.8 Å². The lowest BCUT2D eigenvalue weighted by Crippen LogP contribution is -2.43. The second kappa shape index (κ2) is 5.69. The molecule has 1 N–H and O–H groups in total. The number of nitrogens with zero attached hydrogens (tertiary/aromatic N) is 1. The molecule has 0 bridgehead atoms. The highest BCUT2D eigenvalue weighted by Crippen LogP contribution is 2.20. The summed E-state index contributed by atoms with van der Waals surface area (Å²) in [5.41, 5.74) is 0.488. The van der Waals surface area contributed by atoms with Gasteiger partial charge in [-0.1, -0.05) is 0 Å². The number of halogens is 1. The number of nitrogens with one attached hydrogen (secondary N) is 1. The number of esters is 1. The van der Waals surface area contributed by atoms with Crippen molar-refractivity contribution in [3.63, 3.8) is 0 Å². The maximum absolute atomic E-state index is 12.8. The Morgan fingerprint density at radius 3 is 2.68 bits per heavy atom. The average Bonchev–Trinajstić information content (AvgIpc) is 2.90. The van der Waals surface area contributed by atoms with Gasteiger partial charge in [0.2, 0.25) is 0 Å². The van der Waals surface area contributed by atoms with Crippen molar-refractivity contribution in [2.24, 2.45) is 0 Å². The zero-order valence-corrected chi connectivity index (χ0v) is 10.6. The summed E-state index contributed by atoms with van der Waals surface area (Å²) in [6.07, 6.45) is 1.36. The minimum atomic E-state index is -0.537. The normalized spacial score (nSPS) is 18.2. The molecule has 2 rings (SSSR count). The summed E-state index contributed by atoms with van der Waals surface area (Å²) in [6, 6.07) is 4.55. The summed E-state index contributed by atoms with van der Waals surface area (Å²) in [6.45, 7) is 0.507. The fraction of sp³-hybridized carbons (Fsp3) is 0.385. The lowest BCUT2D eigenvalue weighted by atomic mass is 10.2. The van der Waals surface area contributed by atoms with Gasteiger partial charge in [-0.3, -0.25) is 0 Å². The van der Waals surface area contributed by atoms with Gasteiger partial charge >= 0.3 is 12.0 Å². The van der Waals surface area contributed by atoms with Crippen LogP contribution in [0.25, 0.3) is 0 Å². The number of urea groups is 1. The molecule has 1 aromatic rings. The second-order valence-corrected chi connectivity index (χ2v) is 4.31. The van der Waals surface area contributed by atoms with Crippen molar-refractivity contribution in [3.05, 3.63) is 30.1 Å². The van der Waals surface area contributed by atoms with Crippen LogP contribution in [0.3, 0.4) is 0 Å². The minimum Gasteiger partial charge on any atom is -0.467 e. The molecule has 1 aliphatic heterocycles. The molecule has 2 amide bonds. The third-order valence-corrected chi connectivity index (χ3v) is 3.08. The molecule has 6 heteroatoms. The first kappa shape index (κ1) is 13.3. The van der Waals surface area contributed by atoms with Crippen molar-refractivity contribution in [2.75, 3.05) is 19.0 Å². The van der Waals surface area contributed by atoms with E-state index >= 15 is 0 Å². The molecular formula is C13H15FN2O3. The predicted octanol–water partition coefficient (Wildman–Crippen LogP) is 1.99. The van der Waals surface area contributed by atoms with E-state index in [1.165, 1.54) is 36.3 Å². The number of ether oxygens (including phenoxy) is 1. The number of carbonyl (C=O) groups excluding carboxylic acids is 2. The predicted molar refractivity (Wildman–Crippen MR) is 67.2 cm³/mol. The van der Waals surface area contributed by atoms with Crippen LogP contribution in [0.2, 0.25) is 0 Å². The Labute approximate surface area is 110 Å². The van der Waals surface area contributed by atoms with Crippen LogP contribution < -0.4 is 5.32 Å². The van der Waals surface area contributed by atoms with Crippen molar-refractivity contribution in [2.45, 2.75) is 18.9 Å². The monoisotopic (exact) mass is 266 g/mol. The second-order valence-electron chi connectivity index (χ2n) is 4.31. The Morgan fingerprint density at radius 2 is 2.05 bits per heavy atom. The number of rotatable bonds is 2. The van der Waals surface area contributed by atoms with Crippen LogP contribution in [-0.4, -0.2) is 36.6 Å². The molecule has 0 aromatic heterocycles. The van der Waals surface area contributed by atoms with Crippen molar-refractivity contribution in [3.8, 4) is 0 Å². The van der Waals surface area contributed by atoms with Gasteiger partial charge in [-0.2, -0.15) is 0 Å². The first-order valence-corrected chi connectivity index (χ1v) is 6.03. The Kier molecular flexibility index (Phi) is 3.99. The molecule has 0 aliphatic carbocycles. The van der Waals surface area contributed by atoms with E-state index in [4.69, 9.17) is 0 Å². The van der Waals surface area contributed by atoms with Gasteiger partial charge < -0.3 is 15.0 Å². The van der Waals surface area contributed by atoms with E-state index in [1.807, 2.05) is 0 Å². The van der Waals surface area contributed by atoms with Gasteiger partial charge in [0.15, 0.2) is 0 Å². The third-order valence-electron chi connectivity index (χ3n) is 3.08. The standard InChI is InChI=1S/C13H15FN2O3/c1-19-12(17)11-3-2-8-16(11)13(18)15-10-6-4-9(14)5-7-10/h4-7,11H,2-3,8H2,1H3,(H,15,18). The summed E-state index contributed by atoms with van der Waals surface area (Å²) in [4.78, 5) is 25.0. The summed E-state index contributed by atoms with van der Waals surface area (Å²) in [7, 11) is 1.30. The van der Waals surface area contributed by atoms with Gasteiger partial charge in [0, 0.05) is 12.2 Å². The molecule has 1 aliphatic rings. The first-order valence-electron chi connectivity index (χ1n) is 6.03. The number of likely N-dealkylation sites (tertiary alicyclic amines) is 1. The van der Waals surface area contributed by atoms with E-state index in [9.17, 15) is 14.0 Å². The number of anilines is 1. The summed E-state index contributed by atoms with van der Waals surface area (Å²) >= 11 is 0. The molecule has 102 valence electrons. The van der Waals surface area contributed by atoms with Crippen LogP contribution in [0.5, 0.6) is 0 Å². The Morgan fingerprint density at radius 1 is 1.37 bits per heavy atom. The number of methoxy groups -OCH3 is 1. The topological polar surface area (TPSA) is 58.6 Å². The van der Waals surface area contributed by atoms with E-state index in [2.05, 4.69) is 10.1 Å². The molecule has 1 atom stereocenters. The molecule has 5 nitrogen and oxygen atoms in total. The van der Waals surface area contributed by atoms with Gasteiger partial charge in [0.1, 0.15) is 11.9 Å². The van der Waals surface area contributed by atoms with E-state index in [1.54, 1.807) is 0 Å². The molecule has 0 saturated carbocycles. The smallest absolute Gasteiger partial charge is 0.328 e. The lowest BCUT2D eigenvalue weighted by molar-refractivity contribution is -0.144. The fourth-order valence-corrected chi connectivity index (χ4v) is 2.12. The van der Waals surface area contributed by atoms with Crippen molar-refractivity contribution < 1.29 is 18.7 Å². The quantitative estimate of drug-likeness (QED) is 0.833. The highest BCUT2D eigenvalue weighted by Gasteiger charge is 2.34. The summed E-state index contributed by atoms with van der Waals surface area (Å²) in [5.74, 6) is -0.779. The number of hydrogen-bond acceptors (Lipinski definition) is 3. The molecular weight excluding hydrogens is 251 g/mol.